The van der Waals surface area contributed by atoms with Crippen LogP contribution in [0.25, 0.3) is 0 Å². The van der Waals surface area contributed by atoms with Gasteiger partial charge >= 0.3 is 0 Å². The van der Waals surface area contributed by atoms with Gasteiger partial charge in [-0.05, 0) is 31.8 Å². The molecule has 0 bridgehead atoms. The molecule has 0 spiro atoms. The van der Waals surface area contributed by atoms with Crippen LogP contribution in [0.4, 0.5) is 0 Å². The van der Waals surface area contributed by atoms with Crippen molar-refractivity contribution < 1.29 is 0 Å². The Labute approximate surface area is 98.3 Å². The fourth-order valence-corrected chi connectivity index (χ4v) is 2.43. The fraction of sp³-hybridized carbons (Fsp3) is 0.769. The minimum absolute atomic E-state index is 0.198. The minimum Gasteiger partial charge on any atom is -0.334 e. The molecule has 1 aliphatic heterocycles. The molecule has 1 N–H and O–H groups in total. The van der Waals surface area contributed by atoms with Crippen molar-refractivity contribution in [3.63, 3.8) is 0 Å². The maximum absolute atomic E-state index is 4.30. The molecule has 3 nitrogen and oxygen atoms in total. The van der Waals surface area contributed by atoms with Gasteiger partial charge in [-0.15, -0.1) is 0 Å². The third kappa shape index (κ3) is 2.64. The van der Waals surface area contributed by atoms with Gasteiger partial charge in [-0.25, -0.2) is 4.98 Å². The second-order valence-corrected chi connectivity index (χ2v) is 5.87. The molecule has 3 heteroatoms. The van der Waals surface area contributed by atoms with E-state index in [-0.39, 0.29) is 5.41 Å². The maximum atomic E-state index is 4.30. The van der Waals surface area contributed by atoms with Crippen molar-refractivity contribution in [2.45, 2.75) is 45.6 Å². The van der Waals surface area contributed by atoms with Crippen LogP contribution in [0.1, 0.15) is 39.3 Å². The van der Waals surface area contributed by atoms with E-state index in [0.717, 1.165) is 12.5 Å². The van der Waals surface area contributed by atoms with E-state index in [9.17, 15) is 0 Å². The van der Waals surface area contributed by atoms with E-state index in [2.05, 4.69) is 35.6 Å². The van der Waals surface area contributed by atoms with Crippen LogP contribution < -0.4 is 5.32 Å². The van der Waals surface area contributed by atoms with Crippen LogP contribution >= 0.6 is 0 Å². The molecule has 0 unspecified atom stereocenters. The van der Waals surface area contributed by atoms with Crippen molar-refractivity contribution in [3.8, 4) is 0 Å². The van der Waals surface area contributed by atoms with Gasteiger partial charge in [-0.1, -0.05) is 20.8 Å². The maximum Gasteiger partial charge on any atom is 0.0948 e. The number of hydrogen-bond donors (Lipinski definition) is 1. The van der Waals surface area contributed by atoms with Crippen molar-refractivity contribution in [1.29, 1.82) is 0 Å². The van der Waals surface area contributed by atoms with Crippen molar-refractivity contribution in [2.24, 2.45) is 5.92 Å². The molecule has 0 radical (unpaired) electrons. The summed E-state index contributed by atoms with van der Waals surface area (Å²) in [5.41, 5.74) is 1.55. The number of piperidine rings is 1. The lowest BCUT2D eigenvalue weighted by Gasteiger charge is -2.26. The Morgan fingerprint density at radius 1 is 1.38 bits per heavy atom. The Bertz CT molecular complexity index is 329. The second kappa shape index (κ2) is 4.58. The van der Waals surface area contributed by atoms with Gasteiger partial charge in [-0.2, -0.15) is 0 Å². The van der Waals surface area contributed by atoms with E-state index in [1.54, 1.807) is 0 Å². The van der Waals surface area contributed by atoms with Crippen molar-refractivity contribution in [2.75, 3.05) is 13.1 Å². The molecule has 1 aromatic rings. The van der Waals surface area contributed by atoms with Crippen LogP contribution in [0.15, 0.2) is 12.5 Å². The van der Waals surface area contributed by atoms with Crippen molar-refractivity contribution >= 4 is 0 Å². The molecule has 1 aliphatic rings. The summed E-state index contributed by atoms with van der Waals surface area (Å²) < 4.78 is 2.34. The third-order valence-electron chi connectivity index (χ3n) is 3.39. The van der Waals surface area contributed by atoms with E-state index >= 15 is 0 Å². The van der Waals surface area contributed by atoms with Gasteiger partial charge in [0.1, 0.15) is 0 Å². The standard InChI is InChI=1S/C13H23N3/c1-13(2,3)12-8-15-10-16(12)9-11-4-6-14-7-5-11/h8,10-11,14H,4-7,9H2,1-3H3. The molecular weight excluding hydrogens is 198 g/mol. The van der Waals surface area contributed by atoms with E-state index in [1.807, 2.05) is 12.5 Å². The smallest absolute Gasteiger partial charge is 0.0948 e. The highest BCUT2D eigenvalue weighted by Gasteiger charge is 2.21. The van der Waals surface area contributed by atoms with Gasteiger partial charge in [0.25, 0.3) is 0 Å². The average Bonchev–Trinajstić information content (AvgIpc) is 2.67. The number of imidazole rings is 1. The predicted molar refractivity (Wildman–Crippen MR) is 66.5 cm³/mol. The molecule has 2 heterocycles. The zero-order valence-electron chi connectivity index (χ0n) is 10.7. The summed E-state index contributed by atoms with van der Waals surface area (Å²) in [4.78, 5) is 4.30. The largest absolute Gasteiger partial charge is 0.334 e. The van der Waals surface area contributed by atoms with Gasteiger partial charge in [0.2, 0.25) is 0 Å². The molecule has 0 aromatic carbocycles. The summed E-state index contributed by atoms with van der Waals surface area (Å²) in [5, 5.41) is 3.41. The van der Waals surface area contributed by atoms with E-state index < -0.39 is 0 Å². The lowest BCUT2D eigenvalue weighted by molar-refractivity contribution is 0.324. The number of aromatic nitrogens is 2. The highest BCUT2D eigenvalue weighted by atomic mass is 15.1. The SMILES string of the molecule is CC(C)(C)c1cncn1CC1CCNCC1. The molecule has 1 aromatic heterocycles. The summed E-state index contributed by atoms with van der Waals surface area (Å²) in [6.07, 6.45) is 6.59. The van der Waals surface area contributed by atoms with Crippen LogP contribution in [0.3, 0.4) is 0 Å². The topological polar surface area (TPSA) is 29.9 Å². The Balaban J connectivity index is 2.06. The van der Waals surface area contributed by atoms with Crippen LogP contribution in [0, 0.1) is 5.92 Å². The number of nitrogens with zero attached hydrogens (tertiary/aromatic N) is 2. The first-order valence-corrected chi connectivity index (χ1v) is 6.28. The van der Waals surface area contributed by atoms with E-state index in [0.29, 0.717) is 0 Å². The summed E-state index contributed by atoms with van der Waals surface area (Å²) in [5.74, 6) is 0.816. The molecule has 2 rings (SSSR count). The lowest BCUT2D eigenvalue weighted by Crippen LogP contribution is -2.30. The average molecular weight is 221 g/mol. The zero-order valence-corrected chi connectivity index (χ0v) is 10.7. The van der Waals surface area contributed by atoms with E-state index in [1.165, 1.54) is 31.6 Å². The number of hydrogen-bond acceptors (Lipinski definition) is 2. The van der Waals surface area contributed by atoms with Crippen LogP contribution in [-0.2, 0) is 12.0 Å². The van der Waals surface area contributed by atoms with Crippen LogP contribution in [0.2, 0.25) is 0 Å². The summed E-state index contributed by atoms with van der Waals surface area (Å²) in [6, 6.07) is 0. The molecule has 0 amide bonds. The first kappa shape index (κ1) is 11.6. The normalized spacial score (nSPS) is 18.9. The quantitative estimate of drug-likeness (QED) is 0.829. The number of rotatable bonds is 2. The van der Waals surface area contributed by atoms with Gasteiger partial charge in [0.15, 0.2) is 0 Å². The Hall–Kier alpha value is -0.830. The minimum atomic E-state index is 0.198. The van der Waals surface area contributed by atoms with E-state index in [4.69, 9.17) is 0 Å². The molecule has 1 fully saturated rings. The van der Waals surface area contributed by atoms with Crippen molar-refractivity contribution in [3.05, 3.63) is 18.2 Å². The molecule has 0 saturated carbocycles. The van der Waals surface area contributed by atoms with Crippen LogP contribution in [0.5, 0.6) is 0 Å². The lowest BCUT2D eigenvalue weighted by atomic mass is 9.91. The van der Waals surface area contributed by atoms with Crippen LogP contribution in [-0.4, -0.2) is 22.6 Å². The second-order valence-electron chi connectivity index (χ2n) is 5.87. The first-order valence-electron chi connectivity index (χ1n) is 6.28. The summed E-state index contributed by atoms with van der Waals surface area (Å²) in [6.45, 7) is 10.2. The molecule has 1 saturated heterocycles. The third-order valence-corrected chi connectivity index (χ3v) is 3.39. The highest BCUT2D eigenvalue weighted by molar-refractivity contribution is 5.10. The summed E-state index contributed by atoms with van der Waals surface area (Å²) >= 11 is 0. The van der Waals surface area contributed by atoms with Gasteiger partial charge < -0.3 is 9.88 Å². The Morgan fingerprint density at radius 3 is 2.69 bits per heavy atom. The molecular formula is C13H23N3. The van der Waals surface area contributed by atoms with Gasteiger partial charge in [-0.3, -0.25) is 0 Å². The van der Waals surface area contributed by atoms with Crippen molar-refractivity contribution in [1.82, 2.24) is 14.9 Å². The Kier molecular flexibility index (Phi) is 3.33. The monoisotopic (exact) mass is 221 g/mol. The fourth-order valence-electron chi connectivity index (χ4n) is 2.43. The first-order chi connectivity index (χ1) is 7.57. The molecule has 16 heavy (non-hydrogen) atoms. The zero-order chi connectivity index (χ0) is 11.6. The molecule has 90 valence electrons. The summed E-state index contributed by atoms with van der Waals surface area (Å²) in [7, 11) is 0. The Morgan fingerprint density at radius 2 is 2.06 bits per heavy atom. The molecule has 0 aliphatic carbocycles. The highest BCUT2D eigenvalue weighted by Crippen LogP contribution is 2.24. The van der Waals surface area contributed by atoms with Gasteiger partial charge in [0, 0.05) is 23.9 Å². The number of nitrogens with one attached hydrogen (secondary N) is 1. The van der Waals surface area contributed by atoms with Gasteiger partial charge in [0.05, 0.1) is 6.33 Å². The predicted octanol–water partition coefficient (Wildman–Crippen LogP) is 2.18. The molecule has 0 atom stereocenters.